The average Bonchev–Trinajstić information content (AvgIpc) is 3.20. The molecule has 98 valence electrons. The van der Waals surface area contributed by atoms with E-state index in [1.165, 1.54) is 12.8 Å². The molecule has 1 aromatic rings. The number of hydrogen-bond donors (Lipinski definition) is 0. The molecule has 6 heteroatoms. The van der Waals surface area contributed by atoms with E-state index in [9.17, 15) is 0 Å². The lowest BCUT2D eigenvalue weighted by molar-refractivity contribution is 0.122. The Hall–Kier alpha value is -0.520. The van der Waals surface area contributed by atoms with Crippen LogP contribution < -0.4 is 4.90 Å². The molecule has 18 heavy (non-hydrogen) atoms. The Balaban J connectivity index is 1.90. The van der Waals surface area contributed by atoms with Gasteiger partial charge in [0.05, 0.1) is 23.7 Å². The largest absolute Gasteiger partial charge is 0.378 e. The van der Waals surface area contributed by atoms with Crippen LogP contribution in [0.4, 0.5) is 5.95 Å². The molecule has 0 amide bonds. The SMILES string of the molecule is CSC1(c2cc(Cl)nc(N3CCOCC3)n2)CC1. The number of halogens is 1. The lowest BCUT2D eigenvalue weighted by Gasteiger charge is -2.27. The van der Waals surface area contributed by atoms with Crippen LogP contribution in [0.15, 0.2) is 6.07 Å². The van der Waals surface area contributed by atoms with E-state index in [4.69, 9.17) is 21.3 Å². The first kappa shape index (κ1) is 12.5. The van der Waals surface area contributed by atoms with Crippen molar-refractivity contribution < 1.29 is 4.74 Å². The third kappa shape index (κ3) is 2.31. The summed E-state index contributed by atoms with van der Waals surface area (Å²) < 4.78 is 5.54. The Labute approximate surface area is 116 Å². The zero-order chi connectivity index (χ0) is 12.6. The number of morpholine rings is 1. The fourth-order valence-corrected chi connectivity index (χ4v) is 3.23. The monoisotopic (exact) mass is 285 g/mol. The lowest BCUT2D eigenvalue weighted by atomic mass is 10.3. The number of nitrogens with zero attached hydrogens (tertiary/aromatic N) is 3. The Morgan fingerprint density at radius 1 is 1.33 bits per heavy atom. The van der Waals surface area contributed by atoms with Gasteiger partial charge in [-0.1, -0.05) is 11.6 Å². The number of thioether (sulfide) groups is 1. The van der Waals surface area contributed by atoms with Crippen molar-refractivity contribution in [3.8, 4) is 0 Å². The lowest BCUT2D eigenvalue weighted by Crippen LogP contribution is -2.37. The highest BCUT2D eigenvalue weighted by molar-refractivity contribution is 7.99. The van der Waals surface area contributed by atoms with Crippen LogP contribution in [-0.4, -0.2) is 42.5 Å². The maximum atomic E-state index is 6.14. The van der Waals surface area contributed by atoms with Gasteiger partial charge < -0.3 is 9.64 Å². The first-order valence-corrected chi connectivity index (χ1v) is 7.77. The highest BCUT2D eigenvalue weighted by atomic mass is 35.5. The molecule has 0 radical (unpaired) electrons. The molecular formula is C12H16ClN3OS. The number of hydrogen-bond acceptors (Lipinski definition) is 5. The van der Waals surface area contributed by atoms with Crippen LogP contribution in [0.5, 0.6) is 0 Å². The second kappa shape index (κ2) is 4.87. The van der Waals surface area contributed by atoms with E-state index in [2.05, 4.69) is 16.1 Å². The van der Waals surface area contributed by atoms with Crippen molar-refractivity contribution in [3.05, 3.63) is 16.9 Å². The molecule has 4 nitrogen and oxygen atoms in total. The Morgan fingerprint density at radius 2 is 2.06 bits per heavy atom. The van der Waals surface area contributed by atoms with Gasteiger partial charge in [0, 0.05) is 13.1 Å². The van der Waals surface area contributed by atoms with Gasteiger partial charge in [-0.15, -0.1) is 0 Å². The molecular weight excluding hydrogens is 270 g/mol. The van der Waals surface area contributed by atoms with Crippen molar-refractivity contribution in [1.82, 2.24) is 9.97 Å². The number of aromatic nitrogens is 2. The highest BCUT2D eigenvalue weighted by Gasteiger charge is 2.45. The summed E-state index contributed by atoms with van der Waals surface area (Å²) in [6.07, 6.45) is 4.51. The quantitative estimate of drug-likeness (QED) is 0.797. The molecule has 1 saturated heterocycles. The molecule has 0 unspecified atom stereocenters. The van der Waals surface area contributed by atoms with Crippen LogP contribution in [0.1, 0.15) is 18.5 Å². The van der Waals surface area contributed by atoms with Crippen molar-refractivity contribution in [2.45, 2.75) is 17.6 Å². The summed E-state index contributed by atoms with van der Waals surface area (Å²) in [7, 11) is 0. The average molecular weight is 286 g/mol. The van der Waals surface area contributed by atoms with Crippen molar-refractivity contribution in [2.75, 3.05) is 37.5 Å². The molecule has 3 rings (SSSR count). The number of ether oxygens (including phenoxy) is 1. The fraction of sp³-hybridized carbons (Fsp3) is 0.667. The summed E-state index contributed by atoms with van der Waals surface area (Å²) in [6, 6.07) is 1.91. The van der Waals surface area contributed by atoms with Gasteiger partial charge >= 0.3 is 0 Å². The molecule has 0 aromatic carbocycles. The van der Waals surface area contributed by atoms with E-state index in [0.29, 0.717) is 5.15 Å². The van der Waals surface area contributed by atoms with Crippen molar-refractivity contribution in [3.63, 3.8) is 0 Å². The molecule has 2 heterocycles. The molecule has 1 aliphatic carbocycles. The summed E-state index contributed by atoms with van der Waals surface area (Å²) in [5.41, 5.74) is 1.08. The third-order valence-electron chi connectivity index (χ3n) is 3.54. The first-order valence-electron chi connectivity index (χ1n) is 6.16. The molecule has 0 spiro atoms. The van der Waals surface area contributed by atoms with Crippen LogP contribution in [0, 0.1) is 0 Å². The predicted molar refractivity (Wildman–Crippen MR) is 74.5 cm³/mol. The maximum absolute atomic E-state index is 6.14. The molecule has 1 aromatic heterocycles. The predicted octanol–water partition coefficient (Wildman–Crippen LogP) is 2.32. The summed E-state index contributed by atoms with van der Waals surface area (Å²) in [5, 5.41) is 0.543. The molecule has 0 N–H and O–H groups in total. The topological polar surface area (TPSA) is 38.2 Å². The Bertz CT molecular complexity index is 447. The maximum Gasteiger partial charge on any atom is 0.227 e. The van der Waals surface area contributed by atoms with Crippen LogP contribution in [-0.2, 0) is 9.48 Å². The molecule has 0 bridgehead atoms. The van der Waals surface area contributed by atoms with Crippen molar-refractivity contribution >= 4 is 29.3 Å². The van der Waals surface area contributed by atoms with E-state index in [1.807, 2.05) is 17.8 Å². The second-order valence-electron chi connectivity index (χ2n) is 4.67. The Kier molecular flexibility index (Phi) is 3.38. The van der Waals surface area contributed by atoms with Gasteiger partial charge in [0.25, 0.3) is 0 Å². The van der Waals surface area contributed by atoms with Gasteiger partial charge in [0.15, 0.2) is 0 Å². The summed E-state index contributed by atoms with van der Waals surface area (Å²) >= 11 is 8.00. The van der Waals surface area contributed by atoms with Gasteiger partial charge in [-0.3, -0.25) is 0 Å². The fourth-order valence-electron chi connectivity index (χ4n) is 2.22. The normalized spacial score (nSPS) is 22.0. The smallest absolute Gasteiger partial charge is 0.227 e. The molecule has 1 aliphatic heterocycles. The minimum Gasteiger partial charge on any atom is -0.378 e. The van der Waals surface area contributed by atoms with Crippen molar-refractivity contribution in [2.24, 2.45) is 0 Å². The zero-order valence-corrected chi connectivity index (χ0v) is 11.9. The van der Waals surface area contributed by atoms with Gasteiger partial charge in [-0.25, -0.2) is 9.97 Å². The summed E-state index contributed by atoms with van der Waals surface area (Å²) in [5.74, 6) is 0.751. The van der Waals surface area contributed by atoms with Crippen molar-refractivity contribution in [1.29, 1.82) is 0 Å². The van der Waals surface area contributed by atoms with E-state index < -0.39 is 0 Å². The second-order valence-corrected chi connectivity index (χ2v) is 6.25. The van der Waals surface area contributed by atoms with E-state index in [0.717, 1.165) is 37.9 Å². The number of anilines is 1. The van der Waals surface area contributed by atoms with Crippen LogP contribution >= 0.6 is 23.4 Å². The minimum atomic E-state index is 0.188. The van der Waals surface area contributed by atoms with Gasteiger partial charge in [0.2, 0.25) is 5.95 Å². The van der Waals surface area contributed by atoms with Gasteiger partial charge in [0.1, 0.15) is 5.15 Å². The molecule has 2 aliphatic rings. The van der Waals surface area contributed by atoms with Crippen LogP contribution in [0.2, 0.25) is 5.15 Å². The Morgan fingerprint density at radius 3 is 2.67 bits per heavy atom. The van der Waals surface area contributed by atoms with E-state index in [1.54, 1.807) is 0 Å². The van der Waals surface area contributed by atoms with Crippen LogP contribution in [0.25, 0.3) is 0 Å². The third-order valence-corrected chi connectivity index (χ3v) is 5.13. The molecule has 2 fully saturated rings. The number of rotatable bonds is 3. The van der Waals surface area contributed by atoms with Gasteiger partial charge in [-0.2, -0.15) is 11.8 Å². The highest BCUT2D eigenvalue weighted by Crippen LogP contribution is 2.55. The summed E-state index contributed by atoms with van der Waals surface area (Å²) in [6.45, 7) is 3.15. The minimum absolute atomic E-state index is 0.188. The standard InChI is InChI=1S/C12H16ClN3OS/c1-18-12(2-3-12)9-8-10(13)15-11(14-9)16-4-6-17-7-5-16/h8H,2-7H2,1H3. The first-order chi connectivity index (χ1) is 8.73. The zero-order valence-electron chi connectivity index (χ0n) is 10.4. The summed E-state index contributed by atoms with van der Waals surface area (Å²) in [4.78, 5) is 11.2. The molecule has 1 saturated carbocycles. The van der Waals surface area contributed by atoms with Crippen LogP contribution in [0.3, 0.4) is 0 Å². The molecule has 0 atom stereocenters. The van der Waals surface area contributed by atoms with E-state index in [-0.39, 0.29) is 4.75 Å². The van der Waals surface area contributed by atoms with E-state index >= 15 is 0 Å². The van der Waals surface area contributed by atoms with Gasteiger partial charge in [-0.05, 0) is 25.2 Å².